The van der Waals surface area contributed by atoms with E-state index in [4.69, 9.17) is 10.5 Å². The lowest BCUT2D eigenvalue weighted by molar-refractivity contribution is 0.118. The molecule has 42 heavy (non-hydrogen) atoms. The molecule has 11 nitrogen and oxygen atoms in total. The van der Waals surface area contributed by atoms with Crippen LogP contribution in [-0.4, -0.2) is 71.9 Å². The van der Waals surface area contributed by atoms with E-state index in [1.54, 1.807) is 41.7 Å². The second kappa shape index (κ2) is 10.4. The first-order valence-corrected chi connectivity index (χ1v) is 13.8. The van der Waals surface area contributed by atoms with Crippen molar-refractivity contribution in [2.75, 3.05) is 31.2 Å². The van der Waals surface area contributed by atoms with Crippen LogP contribution in [0.4, 0.5) is 10.2 Å². The number of anilines is 1. The third-order valence-corrected chi connectivity index (χ3v) is 8.17. The Kier molecular flexibility index (Phi) is 6.53. The van der Waals surface area contributed by atoms with Crippen molar-refractivity contribution in [1.29, 1.82) is 0 Å². The summed E-state index contributed by atoms with van der Waals surface area (Å²) < 4.78 is 22.4. The van der Waals surface area contributed by atoms with Crippen molar-refractivity contribution >= 4 is 16.9 Å². The Morgan fingerprint density at radius 3 is 2.52 bits per heavy atom. The molecule has 2 aliphatic heterocycles. The van der Waals surface area contributed by atoms with Gasteiger partial charge in [0.25, 0.3) is 0 Å². The van der Waals surface area contributed by atoms with Gasteiger partial charge in [-0.05, 0) is 42.7 Å². The summed E-state index contributed by atoms with van der Waals surface area (Å²) in [6, 6.07) is 8.05. The highest BCUT2D eigenvalue weighted by Crippen LogP contribution is 2.31. The number of aliphatic hydroxyl groups excluding tert-OH is 1. The lowest BCUT2D eigenvalue weighted by Gasteiger charge is -2.28. The van der Waals surface area contributed by atoms with Gasteiger partial charge in [-0.1, -0.05) is 18.2 Å². The number of nitrogens with zero attached hydrogens (tertiary/aromatic N) is 8. The van der Waals surface area contributed by atoms with E-state index in [2.05, 4.69) is 42.2 Å². The number of hydrogen-bond donors (Lipinski definition) is 2. The molecule has 0 spiro atoms. The maximum absolute atomic E-state index is 13.4. The molecule has 5 aromatic rings. The van der Waals surface area contributed by atoms with Gasteiger partial charge in [0.05, 0.1) is 24.9 Å². The fourth-order valence-corrected chi connectivity index (χ4v) is 5.56. The van der Waals surface area contributed by atoms with Gasteiger partial charge in [0.2, 0.25) is 0 Å². The van der Waals surface area contributed by atoms with Gasteiger partial charge in [-0.2, -0.15) is 10.2 Å². The standard InChI is InChI=1S/C30H30FN9O2/c1-30(32,22-2-4-24(31)5-3-22)23-12-33-28(34-13-23)19-6-8-38(9-7-19)29-25-10-20(14-39(25)37-18-35-29)21-11-36-40(15-21)26-16-42-17-27(26)41/h2-6,10-15,18,26-27,41H,7-9,16-17,32H2,1H3/t26-,27-,30?/m0/s1. The smallest absolute Gasteiger partial charge is 0.156 e. The molecular weight excluding hydrogens is 537 g/mol. The van der Waals surface area contributed by atoms with Crippen LogP contribution in [0.25, 0.3) is 22.2 Å². The molecule has 7 rings (SSSR count). The fourth-order valence-electron chi connectivity index (χ4n) is 5.56. The van der Waals surface area contributed by atoms with E-state index in [1.165, 1.54) is 12.1 Å². The van der Waals surface area contributed by atoms with Gasteiger partial charge < -0.3 is 20.5 Å². The molecule has 6 heterocycles. The zero-order valence-electron chi connectivity index (χ0n) is 23.0. The van der Waals surface area contributed by atoms with E-state index in [1.807, 2.05) is 23.8 Å². The molecule has 0 bridgehead atoms. The van der Waals surface area contributed by atoms with Crippen molar-refractivity contribution in [3.63, 3.8) is 0 Å². The normalized spacial score (nSPS) is 20.6. The van der Waals surface area contributed by atoms with Gasteiger partial charge in [0.1, 0.15) is 29.8 Å². The van der Waals surface area contributed by atoms with E-state index in [9.17, 15) is 9.50 Å². The van der Waals surface area contributed by atoms with Crippen molar-refractivity contribution in [2.24, 2.45) is 5.73 Å². The SMILES string of the molecule is CC(N)(c1ccc(F)cc1)c1cnc(C2=CCN(c3ncnn4cc(-c5cnn([C@H]6COC[C@@H]6O)c5)cc34)CC2)nc1. The lowest BCUT2D eigenvalue weighted by Crippen LogP contribution is -2.34. The van der Waals surface area contributed by atoms with E-state index >= 15 is 0 Å². The van der Waals surface area contributed by atoms with E-state index in [0.717, 1.165) is 52.1 Å². The predicted octanol–water partition coefficient (Wildman–Crippen LogP) is 2.97. The van der Waals surface area contributed by atoms with Gasteiger partial charge in [-0.3, -0.25) is 4.68 Å². The Bertz CT molecular complexity index is 1760. The van der Waals surface area contributed by atoms with Crippen molar-refractivity contribution in [3.05, 3.63) is 96.5 Å². The second-order valence-corrected chi connectivity index (χ2v) is 11.0. The van der Waals surface area contributed by atoms with Crippen molar-refractivity contribution < 1.29 is 14.2 Å². The van der Waals surface area contributed by atoms with Crippen LogP contribution in [0.3, 0.4) is 0 Å². The number of halogens is 1. The minimum atomic E-state index is -0.844. The summed E-state index contributed by atoms with van der Waals surface area (Å²) in [6.07, 6.45) is 13.1. The van der Waals surface area contributed by atoms with Crippen LogP contribution in [0, 0.1) is 5.82 Å². The number of nitrogens with two attached hydrogens (primary N) is 1. The van der Waals surface area contributed by atoms with E-state index in [-0.39, 0.29) is 11.9 Å². The molecule has 1 fully saturated rings. The molecule has 1 aromatic carbocycles. The molecule has 2 aliphatic rings. The van der Waals surface area contributed by atoms with Gasteiger partial charge in [0, 0.05) is 54.6 Å². The van der Waals surface area contributed by atoms with Crippen molar-refractivity contribution in [1.82, 2.24) is 34.3 Å². The first kappa shape index (κ1) is 26.4. The maximum Gasteiger partial charge on any atom is 0.156 e. The molecule has 214 valence electrons. The Morgan fingerprint density at radius 1 is 1.00 bits per heavy atom. The molecule has 0 aliphatic carbocycles. The molecular formula is C30H30FN9O2. The molecule has 0 radical (unpaired) electrons. The summed E-state index contributed by atoms with van der Waals surface area (Å²) in [7, 11) is 0. The minimum Gasteiger partial charge on any atom is -0.388 e. The zero-order valence-corrected chi connectivity index (χ0v) is 23.0. The van der Waals surface area contributed by atoms with Crippen LogP contribution in [0.5, 0.6) is 0 Å². The Labute approximate surface area is 241 Å². The van der Waals surface area contributed by atoms with Gasteiger partial charge in [0.15, 0.2) is 11.6 Å². The monoisotopic (exact) mass is 567 g/mol. The molecule has 1 saturated heterocycles. The first-order valence-electron chi connectivity index (χ1n) is 13.8. The molecule has 0 saturated carbocycles. The third-order valence-electron chi connectivity index (χ3n) is 8.17. The Morgan fingerprint density at radius 2 is 1.81 bits per heavy atom. The Balaban J connectivity index is 1.08. The number of ether oxygens (including phenoxy) is 1. The highest BCUT2D eigenvalue weighted by atomic mass is 19.1. The largest absolute Gasteiger partial charge is 0.388 e. The quantitative estimate of drug-likeness (QED) is 0.318. The van der Waals surface area contributed by atoms with Crippen LogP contribution in [0.15, 0.2) is 73.7 Å². The summed E-state index contributed by atoms with van der Waals surface area (Å²) in [4.78, 5) is 16.1. The van der Waals surface area contributed by atoms with Crippen molar-refractivity contribution in [2.45, 2.75) is 31.0 Å². The zero-order chi connectivity index (χ0) is 28.8. The number of aromatic nitrogens is 7. The van der Waals surface area contributed by atoms with Crippen LogP contribution >= 0.6 is 0 Å². The maximum atomic E-state index is 13.4. The minimum absolute atomic E-state index is 0.185. The van der Waals surface area contributed by atoms with Crippen LogP contribution in [-0.2, 0) is 10.3 Å². The van der Waals surface area contributed by atoms with Gasteiger partial charge in [-0.25, -0.2) is 23.9 Å². The van der Waals surface area contributed by atoms with Crippen LogP contribution in [0.1, 0.15) is 36.3 Å². The fraction of sp³-hybridized carbons (Fsp3) is 0.300. The Hall–Kier alpha value is -4.52. The van der Waals surface area contributed by atoms with Gasteiger partial charge >= 0.3 is 0 Å². The molecule has 1 unspecified atom stereocenters. The molecule has 12 heteroatoms. The second-order valence-electron chi connectivity index (χ2n) is 11.0. The van der Waals surface area contributed by atoms with Crippen molar-refractivity contribution in [3.8, 4) is 11.1 Å². The van der Waals surface area contributed by atoms with Crippen LogP contribution < -0.4 is 10.6 Å². The molecule has 3 N–H and O–H groups in total. The third kappa shape index (κ3) is 4.73. The number of fused-ring (bicyclic) bond motifs is 1. The number of benzene rings is 1. The first-order chi connectivity index (χ1) is 20.4. The topological polar surface area (TPSA) is 133 Å². The van der Waals surface area contributed by atoms with Gasteiger partial charge in [-0.15, -0.1) is 0 Å². The number of aliphatic hydroxyl groups is 1. The molecule has 0 amide bonds. The average molecular weight is 568 g/mol. The van der Waals surface area contributed by atoms with Crippen LogP contribution in [0.2, 0.25) is 0 Å². The highest BCUT2D eigenvalue weighted by Gasteiger charge is 2.29. The molecule has 3 atom stereocenters. The summed E-state index contributed by atoms with van der Waals surface area (Å²) in [6.45, 7) is 4.02. The van der Waals surface area contributed by atoms with E-state index < -0.39 is 11.6 Å². The average Bonchev–Trinajstić information content (AvgIpc) is 3.77. The summed E-state index contributed by atoms with van der Waals surface area (Å²) >= 11 is 0. The molecule has 4 aromatic heterocycles. The highest BCUT2D eigenvalue weighted by molar-refractivity contribution is 5.78. The number of rotatable bonds is 6. The number of hydrogen-bond acceptors (Lipinski definition) is 9. The lowest BCUT2D eigenvalue weighted by atomic mass is 9.87. The predicted molar refractivity (Wildman–Crippen MR) is 154 cm³/mol. The summed E-state index contributed by atoms with van der Waals surface area (Å²) in [5, 5.41) is 19.0. The summed E-state index contributed by atoms with van der Waals surface area (Å²) in [5.41, 5.74) is 11.1. The summed E-state index contributed by atoms with van der Waals surface area (Å²) in [5.74, 6) is 1.21. The van der Waals surface area contributed by atoms with E-state index in [0.29, 0.717) is 25.6 Å².